The third-order valence-corrected chi connectivity index (χ3v) is 6.72. The summed E-state index contributed by atoms with van der Waals surface area (Å²) in [6, 6.07) is 9.43. The quantitative estimate of drug-likeness (QED) is 0.183. The highest BCUT2D eigenvalue weighted by molar-refractivity contribution is 6.08. The van der Waals surface area contributed by atoms with Gasteiger partial charge in [0, 0.05) is 29.6 Å². The number of aromatic nitrogens is 6. The molecule has 1 aromatic carbocycles. The van der Waals surface area contributed by atoms with Crippen molar-refractivity contribution < 1.29 is 32.2 Å². The number of benzene rings is 1. The zero-order chi connectivity index (χ0) is 34.3. The van der Waals surface area contributed by atoms with Crippen LogP contribution < -0.4 is 4.90 Å². The molecule has 14 heteroatoms. The topological polar surface area (TPSA) is 117 Å². The van der Waals surface area contributed by atoms with Gasteiger partial charge in [-0.05, 0) is 77.8 Å². The normalized spacial score (nSPS) is 12.6. The summed E-state index contributed by atoms with van der Waals surface area (Å²) in [7, 11) is 0. The van der Waals surface area contributed by atoms with Crippen LogP contribution in [-0.4, -0.2) is 52.8 Å². The first kappa shape index (κ1) is 33.1. The van der Waals surface area contributed by atoms with Gasteiger partial charge in [-0.3, -0.25) is 4.68 Å². The Morgan fingerprint density at radius 1 is 0.851 bits per heavy atom. The minimum atomic E-state index is -1.05. The van der Waals surface area contributed by atoms with Gasteiger partial charge in [0.15, 0.2) is 17.3 Å². The lowest BCUT2D eigenvalue weighted by atomic mass is 10.0. The Balaban J connectivity index is 1.50. The second-order valence-electron chi connectivity index (χ2n) is 12.8. The van der Waals surface area contributed by atoms with Gasteiger partial charge in [-0.25, -0.2) is 32.3 Å². The van der Waals surface area contributed by atoms with Crippen LogP contribution in [0.3, 0.4) is 0 Å². The molecule has 5 aromatic rings. The molecular formula is C33H34F3N7O4. The van der Waals surface area contributed by atoms with Crippen LogP contribution in [0.2, 0.25) is 0 Å². The molecule has 0 bridgehead atoms. The molecule has 0 aliphatic carbocycles. The molecule has 0 radical (unpaired) electrons. The van der Waals surface area contributed by atoms with Gasteiger partial charge >= 0.3 is 12.2 Å². The highest BCUT2D eigenvalue weighted by Crippen LogP contribution is 2.31. The molecule has 47 heavy (non-hydrogen) atoms. The zero-order valence-corrected chi connectivity index (χ0v) is 27.0. The molecule has 1 atom stereocenters. The number of carbonyl (C=O) groups is 2. The van der Waals surface area contributed by atoms with Crippen LogP contribution in [0.15, 0.2) is 61.1 Å². The van der Waals surface area contributed by atoms with Gasteiger partial charge in [0.1, 0.15) is 28.4 Å². The lowest BCUT2D eigenvalue weighted by Crippen LogP contribution is -2.44. The summed E-state index contributed by atoms with van der Waals surface area (Å²) in [6.07, 6.45) is 2.97. The number of hydrogen-bond donors (Lipinski definition) is 0. The van der Waals surface area contributed by atoms with Crippen molar-refractivity contribution in [1.29, 1.82) is 0 Å². The van der Waals surface area contributed by atoms with Crippen molar-refractivity contribution in [1.82, 2.24) is 29.4 Å². The van der Waals surface area contributed by atoms with Crippen LogP contribution in [0.5, 0.6) is 0 Å². The smallest absolute Gasteiger partial charge is 0.427 e. The second kappa shape index (κ2) is 12.5. The first-order valence-electron chi connectivity index (χ1n) is 14.8. The summed E-state index contributed by atoms with van der Waals surface area (Å²) < 4.78 is 57.5. The Hall–Kier alpha value is -5.27. The van der Waals surface area contributed by atoms with Crippen molar-refractivity contribution in [3.05, 3.63) is 84.1 Å². The van der Waals surface area contributed by atoms with Crippen LogP contribution in [0, 0.1) is 17.5 Å². The molecule has 2 amide bonds. The standard InChI is InChI=1S/C33H34F3N7O4/c1-8-25(19-9-11-22(34)12-10-19)42-18-21(17-37-42)28-24(36)16-23(35)27(39-28)20-13-14-41-26(15-20)38-29(40-41)43(30(44)46-32(2,3)4)31(45)47-33(5,6)7/h9-18,25H,8H2,1-7H3. The number of pyridine rings is 2. The lowest BCUT2D eigenvalue weighted by molar-refractivity contribution is 0.0427. The number of halogens is 3. The Labute approximate surface area is 269 Å². The van der Waals surface area contributed by atoms with E-state index in [0.29, 0.717) is 16.9 Å². The molecule has 0 saturated heterocycles. The van der Waals surface area contributed by atoms with Gasteiger partial charge < -0.3 is 9.47 Å². The molecule has 4 aromatic heterocycles. The largest absolute Gasteiger partial charge is 0.443 e. The van der Waals surface area contributed by atoms with Gasteiger partial charge in [0.2, 0.25) is 0 Å². The summed E-state index contributed by atoms with van der Waals surface area (Å²) >= 11 is 0. The number of imide groups is 1. The van der Waals surface area contributed by atoms with Crippen LogP contribution in [0.4, 0.5) is 28.7 Å². The van der Waals surface area contributed by atoms with Gasteiger partial charge in [-0.2, -0.15) is 10.1 Å². The fourth-order valence-electron chi connectivity index (χ4n) is 4.73. The number of nitrogens with zero attached hydrogens (tertiary/aromatic N) is 7. The Bertz CT molecular complexity index is 1910. The molecule has 0 aliphatic rings. The highest BCUT2D eigenvalue weighted by Gasteiger charge is 2.35. The molecule has 0 aliphatic heterocycles. The van der Waals surface area contributed by atoms with E-state index in [2.05, 4.69) is 20.2 Å². The van der Waals surface area contributed by atoms with E-state index in [1.54, 1.807) is 64.6 Å². The molecule has 11 nitrogen and oxygen atoms in total. The maximum Gasteiger partial charge on any atom is 0.427 e. The number of fused-ring (bicyclic) bond motifs is 1. The Morgan fingerprint density at radius 2 is 1.45 bits per heavy atom. The fourth-order valence-corrected chi connectivity index (χ4v) is 4.73. The van der Waals surface area contributed by atoms with Crippen LogP contribution in [-0.2, 0) is 9.47 Å². The monoisotopic (exact) mass is 649 g/mol. The molecule has 1 unspecified atom stereocenters. The van der Waals surface area contributed by atoms with Crippen molar-refractivity contribution in [3.63, 3.8) is 0 Å². The molecule has 5 rings (SSSR count). The predicted octanol–water partition coefficient (Wildman–Crippen LogP) is 7.75. The first-order valence-corrected chi connectivity index (χ1v) is 14.8. The minimum Gasteiger partial charge on any atom is -0.443 e. The molecule has 0 N–H and O–H groups in total. The van der Waals surface area contributed by atoms with Gasteiger partial charge in [-0.15, -0.1) is 10.00 Å². The number of amides is 2. The summed E-state index contributed by atoms with van der Waals surface area (Å²) in [4.78, 5) is 35.3. The van der Waals surface area contributed by atoms with Gasteiger partial charge in [0.05, 0.1) is 12.2 Å². The predicted molar refractivity (Wildman–Crippen MR) is 167 cm³/mol. The van der Waals surface area contributed by atoms with Crippen molar-refractivity contribution in [3.8, 4) is 22.5 Å². The van der Waals surface area contributed by atoms with Crippen LogP contribution >= 0.6 is 0 Å². The van der Waals surface area contributed by atoms with Crippen LogP contribution in [0.1, 0.15) is 66.5 Å². The molecule has 4 heterocycles. The molecule has 0 saturated carbocycles. The van der Waals surface area contributed by atoms with E-state index < -0.39 is 35.0 Å². The molecule has 0 fully saturated rings. The minimum absolute atomic E-state index is 0.125. The number of anilines is 1. The lowest BCUT2D eigenvalue weighted by Gasteiger charge is -2.26. The van der Waals surface area contributed by atoms with E-state index in [0.717, 1.165) is 11.6 Å². The van der Waals surface area contributed by atoms with Gasteiger partial charge in [0.25, 0.3) is 5.95 Å². The van der Waals surface area contributed by atoms with Gasteiger partial charge in [-0.1, -0.05) is 19.1 Å². The zero-order valence-electron chi connectivity index (χ0n) is 27.0. The maximum atomic E-state index is 15.2. The maximum absolute atomic E-state index is 15.2. The number of rotatable bonds is 6. The number of carbonyl (C=O) groups excluding carboxylic acids is 2. The van der Waals surface area contributed by atoms with E-state index in [4.69, 9.17) is 9.47 Å². The Kier molecular flexibility index (Phi) is 8.80. The second-order valence-corrected chi connectivity index (χ2v) is 12.8. The highest BCUT2D eigenvalue weighted by atomic mass is 19.1. The summed E-state index contributed by atoms with van der Waals surface area (Å²) in [6.45, 7) is 11.8. The average Bonchev–Trinajstić information content (AvgIpc) is 3.60. The van der Waals surface area contributed by atoms with Crippen molar-refractivity contribution >= 4 is 23.8 Å². The van der Waals surface area contributed by atoms with Crippen molar-refractivity contribution in [2.75, 3.05) is 4.90 Å². The average molecular weight is 650 g/mol. The Morgan fingerprint density at radius 3 is 2.02 bits per heavy atom. The molecule has 0 spiro atoms. The van der Waals surface area contributed by atoms with Crippen molar-refractivity contribution in [2.45, 2.75) is 72.1 Å². The molecular weight excluding hydrogens is 615 g/mol. The van der Waals surface area contributed by atoms with E-state index >= 15 is 8.78 Å². The molecule has 246 valence electrons. The van der Waals surface area contributed by atoms with E-state index in [1.807, 2.05) is 6.92 Å². The number of ether oxygens (including phenoxy) is 2. The van der Waals surface area contributed by atoms with E-state index in [1.165, 1.54) is 41.2 Å². The SMILES string of the molecule is CCC(c1ccc(F)cc1)n1cc(-c2nc(-c3ccn4nc(N(C(=O)OC(C)(C)C)C(=O)OC(C)(C)C)nc4c3)c(F)cc2F)cn1. The summed E-state index contributed by atoms with van der Waals surface area (Å²) in [5, 5.41) is 8.61. The number of hydrogen-bond acceptors (Lipinski definition) is 8. The van der Waals surface area contributed by atoms with E-state index in [-0.39, 0.29) is 40.4 Å². The van der Waals surface area contributed by atoms with Crippen molar-refractivity contribution in [2.24, 2.45) is 0 Å². The summed E-state index contributed by atoms with van der Waals surface area (Å²) in [5.41, 5.74) is -0.729. The first-order chi connectivity index (χ1) is 22.0. The van der Waals surface area contributed by atoms with Crippen LogP contribution in [0.25, 0.3) is 28.2 Å². The third-order valence-electron chi connectivity index (χ3n) is 6.72. The van der Waals surface area contributed by atoms with E-state index in [9.17, 15) is 14.0 Å². The fraction of sp³-hybridized carbons (Fsp3) is 0.333. The summed E-state index contributed by atoms with van der Waals surface area (Å²) in [5.74, 6) is -2.52. The third kappa shape index (κ3) is 7.42.